The Morgan fingerprint density at radius 3 is 2.05 bits per heavy atom. The average Bonchev–Trinajstić information content (AvgIpc) is 4.17. The van der Waals surface area contributed by atoms with Crippen LogP contribution in [0.25, 0.3) is 44.7 Å². The molecule has 17 heteroatoms. The number of rotatable bonds is 12. The van der Waals surface area contributed by atoms with Crippen LogP contribution in [0.2, 0.25) is 0 Å². The van der Waals surface area contributed by atoms with Crippen molar-refractivity contribution in [2.75, 3.05) is 34.4 Å². The van der Waals surface area contributed by atoms with Crippen molar-refractivity contribution in [2.45, 2.75) is 62.9 Å². The van der Waals surface area contributed by atoms with E-state index in [0.717, 1.165) is 35.0 Å². The highest BCUT2D eigenvalue weighted by molar-refractivity contribution is 5.89. The molecule has 6 aromatic rings. The number of methoxy groups -OCH3 is 3. The van der Waals surface area contributed by atoms with Crippen LogP contribution in [0.15, 0.2) is 91.3 Å². The number of carbonyl (C=O) groups excluding carboxylic acids is 4. The third kappa shape index (κ3) is 8.82. The maximum atomic E-state index is 15.9. The molecular formula is C46H48FN9O7. The summed E-state index contributed by atoms with van der Waals surface area (Å²) in [7, 11) is 3.97. The summed E-state index contributed by atoms with van der Waals surface area (Å²) in [6.07, 6.45) is 4.15. The Kier molecular flexibility index (Phi) is 12.5. The molecule has 5 heterocycles. The Hall–Kier alpha value is -7.14. The van der Waals surface area contributed by atoms with Crippen molar-refractivity contribution in [3.05, 3.63) is 114 Å². The number of aromatic amines is 2. The fourth-order valence-electron chi connectivity index (χ4n) is 8.43. The third-order valence-corrected chi connectivity index (χ3v) is 11.8. The monoisotopic (exact) mass is 857 g/mol. The summed E-state index contributed by atoms with van der Waals surface area (Å²) in [6, 6.07) is 20.9. The maximum Gasteiger partial charge on any atom is 0.407 e. The molecule has 0 unspecified atom stereocenters. The number of benzene rings is 3. The molecule has 2 saturated heterocycles. The number of alkyl carbamates (subject to hydrolysis) is 2. The molecule has 5 atom stereocenters. The number of nitrogens with one attached hydrogen (secondary N) is 4. The van der Waals surface area contributed by atoms with E-state index in [-0.39, 0.29) is 17.9 Å². The van der Waals surface area contributed by atoms with E-state index in [0.29, 0.717) is 65.7 Å². The third-order valence-electron chi connectivity index (χ3n) is 11.8. The van der Waals surface area contributed by atoms with Gasteiger partial charge in [-0.05, 0) is 68.5 Å². The molecule has 0 bridgehead atoms. The number of imidazole rings is 2. The van der Waals surface area contributed by atoms with E-state index in [2.05, 4.69) is 30.6 Å². The van der Waals surface area contributed by atoms with E-state index >= 15 is 4.39 Å². The quantitative estimate of drug-likeness (QED) is 0.0994. The van der Waals surface area contributed by atoms with Crippen molar-refractivity contribution >= 4 is 34.9 Å². The highest BCUT2D eigenvalue weighted by atomic mass is 19.1. The van der Waals surface area contributed by atoms with Gasteiger partial charge in [-0.15, -0.1) is 0 Å². The number of carbonyl (C=O) groups is 4. The maximum absolute atomic E-state index is 15.9. The van der Waals surface area contributed by atoms with E-state index in [9.17, 15) is 19.2 Å². The molecule has 63 heavy (non-hydrogen) atoms. The van der Waals surface area contributed by atoms with E-state index in [4.69, 9.17) is 19.2 Å². The first-order valence-electron chi connectivity index (χ1n) is 20.8. The molecule has 2 aliphatic heterocycles. The molecule has 2 aliphatic rings. The van der Waals surface area contributed by atoms with Crippen LogP contribution in [0, 0.1) is 5.82 Å². The Morgan fingerprint density at radius 1 is 0.746 bits per heavy atom. The number of ether oxygens (including phenoxy) is 3. The second kappa shape index (κ2) is 18.5. The molecule has 0 saturated carbocycles. The van der Waals surface area contributed by atoms with E-state index in [1.54, 1.807) is 59.4 Å². The summed E-state index contributed by atoms with van der Waals surface area (Å²) in [5, 5.41) is 6.14. The van der Waals surface area contributed by atoms with E-state index in [1.165, 1.54) is 27.4 Å². The van der Waals surface area contributed by atoms with Gasteiger partial charge in [-0.2, -0.15) is 0 Å². The second-order valence-corrected chi connectivity index (χ2v) is 15.6. The van der Waals surface area contributed by atoms with Crippen molar-refractivity contribution < 1.29 is 37.8 Å². The van der Waals surface area contributed by atoms with E-state index < -0.39 is 42.2 Å². The van der Waals surface area contributed by atoms with Gasteiger partial charge in [0.15, 0.2) is 0 Å². The standard InChI is InChI=1S/C46H48FN9O7/c1-26(61-2)39(53-45(59)62-3)43(57)55-20-8-12-37(55)41-48-24-35(51-41)29-16-19-33-28(22-29)15-18-34(50-33)30-14-17-31(32(47)23-30)36-25-49-42(52-36)38-13-9-21-56(38)44(58)40(54-46(60)63-4)27-10-6-5-7-11-27/h5-7,10-11,14-19,22-26,37-40H,8-9,12-13,20-21H2,1-4H3,(H,48,51)(H,49,52)(H,53,59)(H,54,60)/t26-,37+,38+,39+,40-/m1/s1. The van der Waals surface area contributed by atoms with Gasteiger partial charge >= 0.3 is 12.2 Å². The molecule has 4 N–H and O–H groups in total. The molecule has 0 spiro atoms. The first-order chi connectivity index (χ1) is 30.6. The lowest BCUT2D eigenvalue weighted by atomic mass is 10.0. The number of aromatic nitrogens is 5. The fourth-order valence-corrected chi connectivity index (χ4v) is 8.43. The van der Waals surface area contributed by atoms with Gasteiger partial charge in [0.2, 0.25) is 5.91 Å². The van der Waals surface area contributed by atoms with Crippen LogP contribution >= 0.6 is 0 Å². The van der Waals surface area contributed by atoms with Gasteiger partial charge in [-0.25, -0.2) is 28.9 Å². The minimum Gasteiger partial charge on any atom is -0.453 e. The molecule has 4 amide bonds. The molecule has 326 valence electrons. The van der Waals surface area contributed by atoms with Gasteiger partial charge in [0.25, 0.3) is 5.91 Å². The van der Waals surface area contributed by atoms with Crippen molar-refractivity contribution in [3.8, 4) is 33.8 Å². The summed E-state index contributed by atoms with van der Waals surface area (Å²) >= 11 is 0. The fraction of sp³-hybridized carbons (Fsp3) is 0.326. The largest absolute Gasteiger partial charge is 0.453 e. The normalized spacial score (nSPS) is 17.6. The summed E-state index contributed by atoms with van der Waals surface area (Å²) < 4.78 is 30.9. The van der Waals surface area contributed by atoms with Gasteiger partial charge in [0.1, 0.15) is 29.5 Å². The lowest BCUT2D eigenvalue weighted by Gasteiger charge is -2.30. The molecule has 0 radical (unpaired) electrons. The Balaban J connectivity index is 0.960. The number of nitrogens with zero attached hydrogens (tertiary/aromatic N) is 5. The zero-order valence-electron chi connectivity index (χ0n) is 35.3. The van der Waals surface area contributed by atoms with Crippen LogP contribution in [0.4, 0.5) is 14.0 Å². The van der Waals surface area contributed by atoms with Gasteiger partial charge in [0.05, 0.1) is 67.4 Å². The lowest BCUT2D eigenvalue weighted by molar-refractivity contribution is -0.137. The number of pyridine rings is 1. The molecule has 3 aromatic carbocycles. The average molecular weight is 858 g/mol. The van der Waals surface area contributed by atoms with Crippen molar-refractivity contribution in [1.82, 2.24) is 45.4 Å². The summed E-state index contributed by atoms with van der Waals surface area (Å²) in [5.41, 5.74) is 4.96. The second-order valence-electron chi connectivity index (χ2n) is 15.6. The van der Waals surface area contributed by atoms with Crippen molar-refractivity contribution in [2.24, 2.45) is 0 Å². The zero-order valence-corrected chi connectivity index (χ0v) is 35.3. The number of likely N-dealkylation sites (tertiary alicyclic amines) is 2. The minimum absolute atomic E-state index is 0.278. The topological polar surface area (TPSA) is 197 Å². The van der Waals surface area contributed by atoms with Gasteiger partial charge in [-0.3, -0.25) is 9.59 Å². The number of hydrogen-bond acceptors (Lipinski definition) is 10. The van der Waals surface area contributed by atoms with Crippen LogP contribution in [0.1, 0.15) is 67.9 Å². The molecule has 2 fully saturated rings. The number of H-pyrrole nitrogens is 2. The van der Waals surface area contributed by atoms with Crippen LogP contribution in [0.5, 0.6) is 0 Å². The number of amides is 4. The van der Waals surface area contributed by atoms with Crippen LogP contribution in [-0.2, 0) is 23.8 Å². The van der Waals surface area contributed by atoms with Crippen LogP contribution in [0.3, 0.4) is 0 Å². The number of halogens is 1. The SMILES string of the molecule is COC(=O)N[C@H](C(=O)N1CCC[C@H]1c1ncc(-c2ccc3nc(-c4ccc(-c5cnc([C@@H]6CCCN6C(=O)[C@H](NC(=O)OC)c6ccccc6)[nH]5)c(F)c4)ccc3c2)[nH]1)[C@@H](C)OC. The molecule has 0 aliphatic carbocycles. The van der Waals surface area contributed by atoms with E-state index in [1.807, 2.05) is 42.5 Å². The van der Waals surface area contributed by atoms with Gasteiger partial charge < -0.3 is 44.6 Å². The number of hydrogen-bond donors (Lipinski definition) is 4. The van der Waals surface area contributed by atoms with Gasteiger partial charge in [0, 0.05) is 42.3 Å². The predicted octanol–water partition coefficient (Wildman–Crippen LogP) is 7.00. The molecule has 8 rings (SSSR count). The number of fused-ring (bicyclic) bond motifs is 1. The summed E-state index contributed by atoms with van der Waals surface area (Å²) in [5.74, 6) is 0.127. The van der Waals surface area contributed by atoms with Crippen LogP contribution < -0.4 is 10.6 Å². The zero-order chi connectivity index (χ0) is 44.2. The Labute approximate surface area is 362 Å². The Bertz CT molecular complexity index is 2640. The van der Waals surface area contributed by atoms with Crippen molar-refractivity contribution in [1.29, 1.82) is 0 Å². The molecule has 16 nitrogen and oxygen atoms in total. The first kappa shape index (κ1) is 42.5. The highest BCUT2D eigenvalue weighted by Crippen LogP contribution is 2.36. The first-order valence-corrected chi connectivity index (χ1v) is 20.8. The predicted molar refractivity (Wildman–Crippen MR) is 230 cm³/mol. The smallest absolute Gasteiger partial charge is 0.407 e. The highest BCUT2D eigenvalue weighted by Gasteiger charge is 2.39. The van der Waals surface area contributed by atoms with Crippen molar-refractivity contribution in [3.63, 3.8) is 0 Å². The molecule has 3 aromatic heterocycles. The summed E-state index contributed by atoms with van der Waals surface area (Å²) in [6.45, 7) is 2.69. The van der Waals surface area contributed by atoms with Gasteiger partial charge in [-0.1, -0.05) is 48.5 Å². The summed E-state index contributed by atoms with van der Waals surface area (Å²) in [4.78, 5) is 76.0. The Morgan fingerprint density at radius 2 is 1.38 bits per heavy atom. The minimum atomic E-state index is -0.952. The molecular weight excluding hydrogens is 810 g/mol. The van der Waals surface area contributed by atoms with Crippen LogP contribution in [-0.4, -0.2) is 105 Å². The lowest BCUT2D eigenvalue weighted by Crippen LogP contribution is -2.54.